The first kappa shape index (κ1) is 18.0. The predicted octanol–water partition coefficient (Wildman–Crippen LogP) is 3.72. The lowest BCUT2D eigenvalue weighted by Gasteiger charge is -2.29. The van der Waals surface area contributed by atoms with Crippen LogP contribution in [0.5, 0.6) is 5.75 Å². The molecule has 0 fully saturated rings. The number of para-hydroxylation sites is 2. The second-order valence-corrected chi connectivity index (χ2v) is 6.70. The van der Waals surface area contributed by atoms with E-state index in [1.165, 1.54) is 0 Å². The van der Waals surface area contributed by atoms with E-state index in [0.29, 0.717) is 22.7 Å². The first-order valence-electron chi connectivity index (χ1n) is 7.97. The topological polar surface area (TPSA) is 79.5 Å². The number of benzene rings is 2. The van der Waals surface area contributed by atoms with Gasteiger partial charge in [-0.25, -0.2) is 4.79 Å². The van der Waals surface area contributed by atoms with Gasteiger partial charge in [0.15, 0.2) is 0 Å². The van der Waals surface area contributed by atoms with Gasteiger partial charge in [-0.1, -0.05) is 40.2 Å². The molecule has 0 radical (unpaired) electrons. The third-order valence-corrected chi connectivity index (χ3v) is 4.54. The van der Waals surface area contributed by atoms with E-state index >= 15 is 0 Å². The summed E-state index contributed by atoms with van der Waals surface area (Å²) in [5.41, 5.74) is 2.31. The maximum atomic E-state index is 13.0. The van der Waals surface area contributed by atoms with Gasteiger partial charge < -0.3 is 20.7 Å². The summed E-state index contributed by atoms with van der Waals surface area (Å²) >= 11 is 3.43. The number of allylic oxidation sites excluding steroid dienone is 1. The molecule has 0 saturated heterocycles. The molecule has 7 heteroatoms. The molecule has 1 aliphatic heterocycles. The Morgan fingerprint density at radius 1 is 1.19 bits per heavy atom. The van der Waals surface area contributed by atoms with Crippen LogP contribution in [-0.2, 0) is 4.79 Å². The molecule has 0 aromatic heterocycles. The van der Waals surface area contributed by atoms with Crippen molar-refractivity contribution in [1.29, 1.82) is 0 Å². The molecular formula is C19H18BrN3O3. The maximum Gasteiger partial charge on any atom is 0.319 e. The van der Waals surface area contributed by atoms with E-state index in [4.69, 9.17) is 4.74 Å². The molecule has 1 aliphatic rings. The fourth-order valence-electron chi connectivity index (χ4n) is 2.87. The van der Waals surface area contributed by atoms with Gasteiger partial charge in [0.05, 0.1) is 24.4 Å². The minimum absolute atomic E-state index is 0.315. The Balaban J connectivity index is 1.97. The first-order chi connectivity index (χ1) is 12.5. The van der Waals surface area contributed by atoms with E-state index in [2.05, 4.69) is 31.9 Å². The van der Waals surface area contributed by atoms with Gasteiger partial charge in [0.1, 0.15) is 5.75 Å². The Bertz CT molecular complexity index is 895. The summed E-state index contributed by atoms with van der Waals surface area (Å²) in [6.07, 6.45) is 0. The number of hydrogen-bond donors (Lipinski definition) is 3. The molecule has 1 unspecified atom stereocenters. The highest BCUT2D eigenvalue weighted by Gasteiger charge is 2.31. The largest absolute Gasteiger partial charge is 0.495 e. The van der Waals surface area contributed by atoms with Crippen molar-refractivity contribution in [2.24, 2.45) is 0 Å². The minimum Gasteiger partial charge on any atom is -0.495 e. The van der Waals surface area contributed by atoms with Gasteiger partial charge in [-0.2, -0.15) is 0 Å². The molecule has 2 aromatic carbocycles. The maximum absolute atomic E-state index is 13.0. The van der Waals surface area contributed by atoms with Crippen LogP contribution in [0.15, 0.2) is 64.3 Å². The number of rotatable bonds is 4. The molecule has 0 aliphatic carbocycles. The molecule has 1 atom stereocenters. The Kier molecular flexibility index (Phi) is 5.27. The zero-order chi connectivity index (χ0) is 18.7. The number of hydrogen-bond acceptors (Lipinski definition) is 3. The average molecular weight is 416 g/mol. The van der Waals surface area contributed by atoms with E-state index in [-0.39, 0.29) is 11.9 Å². The molecule has 26 heavy (non-hydrogen) atoms. The highest BCUT2D eigenvalue weighted by atomic mass is 79.9. The molecule has 3 rings (SSSR count). The van der Waals surface area contributed by atoms with E-state index in [1.54, 1.807) is 26.2 Å². The number of urea groups is 1. The fraction of sp³-hybridized carbons (Fsp3) is 0.158. The third-order valence-electron chi connectivity index (χ3n) is 4.05. The quantitative estimate of drug-likeness (QED) is 0.711. The number of carbonyl (C=O) groups excluding carboxylic acids is 2. The molecule has 3 amide bonds. The molecule has 6 nitrogen and oxygen atoms in total. The van der Waals surface area contributed by atoms with Gasteiger partial charge in [-0.3, -0.25) is 4.79 Å². The molecule has 0 bridgehead atoms. The number of anilines is 1. The van der Waals surface area contributed by atoms with Gasteiger partial charge in [-0.05, 0) is 36.8 Å². The van der Waals surface area contributed by atoms with Crippen molar-refractivity contribution in [3.05, 3.63) is 69.8 Å². The minimum atomic E-state index is -0.559. The van der Waals surface area contributed by atoms with Crippen molar-refractivity contribution in [3.8, 4) is 5.75 Å². The highest BCUT2D eigenvalue weighted by molar-refractivity contribution is 9.10. The van der Waals surface area contributed by atoms with Crippen molar-refractivity contribution in [2.45, 2.75) is 13.0 Å². The van der Waals surface area contributed by atoms with Crippen LogP contribution in [0.25, 0.3) is 0 Å². The van der Waals surface area contributed by atoms with Crippen LogP contribution in [0.2, 0.25) is 0 Å². The van der Waals surface area contributed by atoms with Crippen LogP contribution in [0, 0.1) is 0 Å². The SMILES string of the molecule is COc1ccccc1NC(=O)C1=C(C)NC(=O)NC1c1cccc(Br)c1. The van der Waals surface area contributed by atoms with Crippen LogP contribution in [0.1, 0.15) is 18.5 Å². The van der Waals surface area contributed by atoms with Crippen LogP contribution in [-0.4, -0.2) is 19.0 Å². The number of carbonyl (C=O) groups is 2. The molecule has 2 aromatic rings. The van der Waals surface area contributed by atoms with Gasteiger partial charge in [0, 0.05) is 10.2 Å². The second kappa shape index (κ2) is 7.61. The van der Waals surface area contributed by atoms with Crippen molar-refractivity contribution >= 4 is 33.6 Å². The average Bonchev–Trinajstić information content (AvgIpc) is 2.61. The number of amides is 3. The van der Waals surface area contributed by atoms with Gasteiger partial charge in [-0.15, -0.1) is 0 Å². The summed E-state index contributed by atoms with van der Waals surface area (Å²) in [5.74, 6) is 0.246. The van der Waals surface area contributed by atoms with Crippen molar-refractivity contribution in [1.82, 2.24) is 10.6 Å². The number of halogens is 1. The fourth-order valence-corrected chi connectivity index (χ4v) is 3.29. The van der Waals surface area contributed by atoms with Crippen LogP contribution >= 0.6 is 15.9 Å². The normalized spacial score (nSPS) is 16.6. The molecule has 3 N–H and O–H groups in total. The van der Waals surface area contributed by atoms with Gasteiger partial charge in [0.25, 0.3) is 5.91 Å². The van der Waals surface area contributed by atoms with E-state index < -0.39 is 6.04 Å². The van der Waals surface area contributed by atoms with E-state index in [9.17, 15) is 9.59 Å². The number of nitrogens with one attached hydrogen (secondary N) is 3. The number of ether oxygens (including phenoxy) is 1. The first-order valence-corrected chi connectivity index (χ1v) is 8.77. The summed E-state index contributed by atoms with van der Waals surface area (Å²) in [7, 11) is 1.54. The zero-order valence-corrected chi connectivity index (χ0v) is 15.9. The Hall–Kier alpha value is -2.80. The summed E-state index contributed by atoms with van der Waals surface area (Å²) in [4.78, 5) is 24.9. The summed E-state index contributed by atoms with van der Waals surface area (Å²) in [5, 5.41) is 8.35. The van der Waals surface area contributed by atoms with Crippen LogP contribution in [0.4, 0.5) is 10.5 Å². The monoisotopic (exact) mass is 415 g/mol. The molecule has 134 valence electrons. The van der Waals surface area contributed by atoms with Crippen LogP contribution < -0.4 is 20.7 Å². The second-order valence-electron chi connectivity index (χ2n) is 5.78. The van der Waals surface area contributed by atoms with Crippen molar-refractivity contribution < 1.29 is 14.3 Å². The Morgan fingerprint density at radius 3 is 2.69 bits per heavy atom. The lowest BCUT2D eigenvalue weighted by Crippen LogP contribution is -2.46. The summed E-state index contributed by atoms with van der Waals surface area (Å²) in [6.45, 7) is 1.71. The smallest absolute Gasteiger partial charge is 0.319 e. The summed E-state index contributed by atoms with van der Waals surface area (Å²) < 4.78 is 6.15. The van der Waals surface area contributed by atoms with Gasteiger partial charge in [0.2, 0.25) is 0 Å². The van der Waals surface area contributed by atoms with Crippen LogP contribution in [0.3, 0.4) is 0 Å². The van der Waals surface area contributed by atoms with Crippen molar-refractivity contribution in [3.63, 3.8) is 0 Å². The molecule has 0 saturated carbocycles. The van der Waals surface area contributed by atoms with Gasteiger partial charge >= 0.3 is 6.03 Å². The third kappa shape index (κ3) is 3.72. The molecule has 1 heterocycles. The van der Waals surface area contributed by atoms with E-state index in [0.717, 1.165) is 10.0 Å². The highest BCUT2D eigenvalue weighted by Crippen LogP contribution is 2.30. The lowest BCUT2D eigenvalue weighted by molar-refractivity contribution is -0.113. The predicted molar refractivity (Wildman–Crippen MR) is 103 cm³/mol. The molecule has 0 spiro atoms. The van der Waals surface area contributed by atoms with Crippen molar-refractivity contribution in [2.75, 3.05) is 12.4 Å². The molecular weight excluding hydrogens is 398 g/mol. The lowest BCUT2D eigenvalue weighted by atomic mass is 9.95. The Labute approximate surface area is 159 Å². The summed E-state index contributed by atoms with van der Waals surface area (Å²) in [6, 6.07) is 13.7. The Morgan fingerprint density at radius 2 is 1.96 bits per heavy atom. The number of methoxy groups -OCH3 is 1. The zero-order valence-electron chi connectivity index (χ0n) is 14.3. The standard InChI is InChI=1S/C19H18BrN3O3/c1-11-16(18(24)22-14-8-3-4-9-15(14)26-2)17(23-19(25)21-11)12-6-5-7-13(20)10-12/h3-10,17H,1-2H3,(H,22,24)(H2,21,23,25). The van der Waals surface area contributed by atoms with E-state index in [1.807, 2.05) is 36.4 Å².